The molecule has 1 aromatic carbocycles. The summed E-state index contributed by atoms with van der Waals surface area (Å²) in [6, 6.07) is 7.60. The molecule has 0 saturated carbocycles. The van der Waals surface area contributed by atoms with E-state index in [0.29, 0.717) is 23.8 Å². The van der Waals surface area contributed by atoms with Crippen LogP contribution in [0.2, 0.25) is 0 Å². The molecule has 0 spiro atoms. The first-order valence-corrected chi connectivity index (χ1v) is 7.86. The van der Waals surface area contributed by atoms with Crippen molar-refractivity contribution in [2.24, 2.45) is 5.73 Å². The van der Waals surface area contributed by atoms with Crippen LogP contribution in [-0.2, 0) is 4.74 Å². The second-order valence-corrected chi connectivity index (χ2v) is 6.05. The molecule has 21 heavy (non-hydrogen) atoms. The van der Waals surface area contributed by atoms with Crippen LogP contribution in [0.15, 0.2) is 24.3 Å². The Hall–Kier alpha value is -1.17. The van der Waals surface area contributed by atoms with E-state index in [1.807, 2.05) is 24.3 Å². The molecular formula is C16H24N2O2S. The summed E-state index contributed by atoms with van der Waals surface area (Å²) < 4.78 is 11.5. The third-order valence-corrected chi connectivity index (χ3v) is 3.76. The lowest BCUT2D eigenvalue weighted by molar-refractivity contribution is -0.0686. The number of hydrogen-bond acceptors (Lipinski definition) is 4. The number of thiocarbonyl (C=S) groups is 1. The predicted octanol–water partition coefficient (Wildman–Crippen LogP) is 2.20. The first kappa shape index (κ1) is 16.2. The number of morpholine rings is 1. The van der Waals surface area contributed by atoms with Crippen LogP contribution >= 0.6 is 12.2 Å². The van der Waals surface area contributed by atoms with Crippen LogP contribution in [0.25, 0.3) is 0 Å². The van der Waals surface area contributed by atoms with Crippen LogP contribution in [0.5, 0.6) is 5.75 Å². The van der Waals surface area contributed by atoms with Crippen LogP contribution in [-0.4, -0.2) is 48.3 Å². The highest BCUT2D eigenvalue weighted by molar-refractivity contribution is 7.80. The zero-order valence-electron chi connectivity index (χ0n) is 12.7. The Balaban J connectivity index is 1.68. The van der Waals surface area contributed by atoms with Gasteiger partial charge in [0.05, 0.1) is 18.8 Å². The SMILES string of the molecule is CC1CN(CCCOc2ccc(C(N)=S)cc2)CC(C)O1. The standard InChI is InChI=1S/C16H24N2O2S/c1-12-10-18(11-13(2)20-12)8-3-9-19-15-6-4-14(5-7-15)16(17)21/h4-7,12-13H,3,8-11H2,1-2H3,(H2,17,21). The van der Waals surface area contributed by atoms with Crippen molar-refractivity contribution < 1.29 is 9.47 Å². The molecule has 1 aliphatic rings. The molecule has 2 N–H and O–H groups in total. The summed E-state index contributed by atoms with van der Waals surface area (Å²) in [5.41, 5.74) is 6.43. The van der Waals surface area contributed by atoms with Gasteiger partial charge in [0.25, 0.3) is 0 Å². The Morgan fingerprint density at radius 3 is 2.48 bits per heavy atom. The number of benzene rings is 1. The molecule has 2 atom stereocenters. The highest BCUT2D eigenvalue weighted by Gasteiger charge is 2.21. The molecule has 1 aromatic rings. The average molecular weight is 308 g/mol. The van der Waals surface area contributed by atoms with E-state index in [4.69, 9.17) is 27.4 Å². The molecule has 0 aromatic heterocycles. The first-order valence-electron chi connectivity index (χ1n) is 7.45. The van der Waals surface area contributed by atoms with Crippen molar-refractivity contribution in [3.8, 4) is 5.75 Å². The van der Waals surface area contributed by atoms with E-state index in [2.05, 4.69) is 18.7 Å². The Bertz CT molecular complexity index is 454. The minimum absolute atomic E-state index is 0.322. The van der Waals surface area contributed by atoms with E-state index in [9.17, 15) is 0 Å². The molecule has 0 radical (unpaired) electrons. The number of rotatable bonds is 6. The van der Waals surface area contributed by atoms with Crippen molar-refractivity contribution in [3.63, 3.8) is 0 Å². The van der Waals surface area contributed by atoms with Gasteiger partial charge in [-0.2, -0.15) is 0 Å². The fourth-order valence-electron chi connectivity index (χ4n) is 2.66. The molecule has 0 bridgehead atoms. The highest BCUT2D eigenvalue weighted by Crippen LogP contribution is 2.13. The Morgan fingerprint density at radius 2 is 1.90 bits per heavy atom. The third-order valence-electron chi connectivity index (χ3n) is 3.52. The largest absolute Gasteiger partial charge is 0.494 e. The Kier molecular flexibility index (Phi) is 5.96. The smallest absolute Gasteiger partial charge is 0.119 e. The minimum atomic E-state index is 0.322. The minimum Gasteiger partial charge on any atom is -0.494 e. The fourth-order valence-corrected chi connectivity index (χ4v) is 2.80. The first-order chi connectivity index (χ1) is 10.0. The van der Waals surface area contributed by atoms with Gasteiger partial charge in [-0.3, -0.25) is 4.90 Å². The van der Waals surface area contributed by atoms with E-state index >= 15 is 0 Å². The van der Waals surface area contributed by atoms with Gasteiger partial charge >= 0.3 is 0 Å². The summed E-state index contributed by atoms with van der Waals surface area (Å²) >= 11 is 4.92. The third kappa shape index (κ3) is 5.26. The lowest BCUT2D eigenvalue weighted by Crippen LogP contribution is -2.45. The number of ether oxygens (including phenoxy) is 2. The summed E-state index contributed by atoms with van der Waals surface area (Å²) in [6.07, 6.45) is 1.65. The second-order valence-electron chi connectivity index (χ2n) is 5.61. The van der Waals surface area contributed by atoms with Crippen molar-refractivity contribution in [1.29, 1.82) is 0 Å². The fraction of sp³-hybridized carbons (Fsp3) is 0.562. The van der Waals surface area contributed by atoms with Gasteiger partial charge < -0.3 is 15.2 Å². The Morgan fingerprint density at radius 1 is 1.29 bits per heavy atom. The van der Waals surface area contributed by atoms with Crippen molar-refractivity contribution in [2.75, 3.05) is 26.2 Å². The molecule has 116 valence electrons. The van der Waals surface area contributed by atoms with Crippen molar-refractivity contribution in [3.05, 3.63) is 29.8 Å². The van der Waals surface area contributed by atoms with Gasteiger partial charge in [0, 0.05) is 25.2 Å². The molecule has 5 heteroatoms. The maximum atomic E-state index is 5.74. The van der Waals surface area contributed by atoms with Crippen LogP contribution in [0, 0.1) is 0 Å². The molecule has 4 nitrogen and oxygen atoms in total. The van der Waals surface area contributed by atoms with E-state index in [1.165, 1.54) is 0 Å². The van der Waals surface area contributed by atoms with Crippen LogP contribution in [0.4, 0.5) is 0 Å². The van der Waals surface area contributed by atoms with Gasteiger partial charge in [0.1, 0.15) is 10.7 Å². The van der Waals surface area contributed by atoms with Gasteiger partial charge in [-0.1, -0.05) is 12.2 Å². The molecule has 0 amide bonds. The van der Waals surface area contributed by atoms with Gasteiger partial charge in [-0.15, -0.1) is 0 Å². The van der Waals surface area contributed by atoms with E-state index in [0.717, 1.165) is 37.4 Å². The predicted molar refractivity (Wildman–Crippen MR) is 88.9 cm³/mol. The molecule has 1 saturated heterocycles. The van der Waals surface area contributed by atoms with Gasteiger partial charge in [0.15, 0.2) is 0 Å². The monoisotopic (exact) mass is 308 g/mol. The van der Waals surface area contributed by atoms with Gasteiger partial charge in [0.2, 0.25) is 0 Å². The van der Waals surface area contributed by atoms with Crippen molar-refractivity contribution in [2.45, 2.75) is 32.5 Å². The second kappa shape index (κ2) is 7.73. The van der Waals surface area contributed by atoms with Crippen LogP contribution in [0.1, 0.15) is 25.8 Å². The number of nitrogens with two attached hydrogens (primary N) is 1. The summed E-state index contributed by atoms with van der Waals surface area (Å²) in [4.78, 5) is 2.86. The summed E-state index contributed by atoms with van der Waals surface area (Å²) in [6.45, 7) is 8.03. The summed E-state index contributed by atoms with van der Waals surface area (Å²) in [5.74, 6) is 0.860. The van der Waals surface area contributed by atoms with E-state index in [1.54, 1.807) is 0 Å². The maximum absolute atomic E-state index is 5.74. The Labute approximate surface area is 132 Å². The van der Waals surface area contributed by atoms with Crippen LogP contribution in [0.3, 0.4) is 0 Å². The van der Waals surface area contributed by atoms with Gasteiger partial charge in [-0.05, 0) is 44.5 Å². The van der Waals surface area contributed by atoms with Crippen molar-refractivity contribution in [1.82, 2.24) is 4.90 Å². The number of nitrogens with zero attached hydrogens (tertiary/aromatic N) is 1. The molecule has 2 rings (SSSR count). The molecule has 1 aliphatic heterocycles. The molecular weight excluding hydrogens is 284 g/mol. The lowest BCUT2D eigenvalue weighted by Gasteiger charge is -2.35. The number of hydrogen-bond donors (Lipinski definition) is 1. The van der Waals surface area contributed by atoms with E-state index < -0.39 is 0 Å². The normalized spacial score (nSPS) is 23.0. The maximum Gasteiger partial charge on any atom is 0.119 e. The molecule has 2 unspecified atom stereocenters. The molecule has 0 aliphatic carbocycles. The lowest BCUT2D eigenvalue weighted by atomic mass is 10.2. The molecule has 1 heterocycles. The average Bonchev–Trinajstić information content (AvgIpc) is 2.43. The zero-order chi connectivity index (χ0) is 15.2. The van der Waals surface area contributed by atoms with Gasteiger partial charge in [-0.25, -0.2) is 0 Å². The van der Waals surface area contributed by atoms with Crippen molar-refractivity contribution >= 4 is 17.2 Å². The quantitative estimate of drug-likeness (QED) is 0.645. The molecule has 1 fully saturated rings. The van der Waals surface area contributed by atoms with Crippen LogP contribution < -0.4 is 10.5 Å². The summed E-state index contributed by atoms with van der Waals surface area (Å²) in [7, 11) is 0. The zero-order valence-corrected chi connectivity index (χ0v) is 13.6. The summed E-state index contributed by atoms with van der Waals surface area (Å²) in [5, 5.41) is 0. The topological polar surface area (TPSA) is 47.7 Å². The highest BCUT2D eigenvalue weighted by atomic mass is 32.1. The van der Waals surface area contributed by atoms with E-state index in [-0.39, 0.29) is 0 Å².